The average Bonchev–Trinajstić information content (AvgIpc) is 2.95. The number of nitrogens with zero attached hydrogens (tertiary/aromatic N) is 3. The van der Waals surface area contributed by atoms with Crippen LogP contribution in [0.25, 0.3) is 0 Å². The van der Waals surface area contributed by atoms with E-state index in [-0.39, 0.29) is 23.8 Å². The molecule has 2 atom stereocenters. The van der Waals surface area contributed by atoms with E-state index in [9.17, 15) is 9.59 Å². The predicted octanol–water partition coefficient (Wildman–Crippen LogP) is 1.46. The molecule has 1 saturated heterocycles. The molecular weight excluding hydrogens is 296 g/mol. The second-order valence-corrected chi connectivity index (χ2v) is 6.28. The van der Waals surface area contributed by atoms with Crippen LogP contribution in [0.5, 0.6) is 0 Å². The van der Waals surface area contributed by atoms with Crippen molar-refractivity contribution in [3.05, 3.63) is 11.7 Å². The van der Waals surface area contributed by atoms with Gasteiger partial charge in [-0.05, 0) is 32.6 Å². The molecule has 1 aliphatic rings. The van der Waals surface area contributed by atoms with Crippen LogP contribution in [0.3, 0.4) is 0 Å². The summed E-state index contributed by atoms with van der Waals surface area (Å²) >= 11 is 0. The van der Waals surface area contributed by atoms with E-state index in [0.29, 0.717) is 31.7 Å². The number of rotatable bonds is 7. The molecule has 0 spiro atoms. The summed E-state index contributed by atoms with van der Waals surface area (Å²) in [6.07, 6.45) is 5.06. The number of hydrogen-bond acceptors (Lipinski definition) is 5. The molecule has 2 heterocycles. The summed E-state index contributed by atoms with van der Waals surface area (Å²) in [6.45, 7) is 4.52. The zero-order chi connectivity index (χ0) is 16.8. The van der Waals surface area contributed by atoms with Gasteiger partial charge in [0.05, 0.1) is 5.92 Å². The van der Waals surface area contributed by atoms with Gasteiger partial charge in [0.1, 0.15) is 0 Å². The maximum atomic E-state index is 12.4. The number of piperidine rings is 1. The molecule has 1 fully saturated rings. The van der Waals surface area contributed by atoms with Gasteiger partial charge >= 0.3 is 0 Å². The quantitative estimate of drug-likeness (QED) is 0.818. The molecule has 0 radical (unpaired) electrons. The van der Waals surface area contributed by atoms with Crippen LogP contribution >= 0.6 is 0 Å². The number of primary amides is 1. The second-order valence-electron chi connectivity index (χ2n) is 6.28. The van der Waals surface area contributed by atoms with Crippen molar-refractivity contribution in [2.45, 2.75) is 64.8 Å². The summed E-state index contributed by atoms with van der Waals surface area (Å²) in [6, 6.07) is 0.165. The van der Waals surface area contributed by atoms with Gasteiger partial charge in [0.15, 0.2) is 5.82 Å². The molecule has 0 bridgehead atoms. The number of aromatic nitrogens is 2. The van der Waals surface area contributed by atoms with Crippen LogP contribution in [0.2, 0.25) is 0 Å². The molecule has 7 nitrogen and oxygen atoms in total. The number of amides is 2. The molecule has 1 aromatic rings. The van der Waals surface area contributed by atoms with Crippen LogP contribution in [-0.4, -0.2) is 39.4 Å². The minimum atomic E-state index is -0.316. The highest BCUT2D eigenvalue weighted by Gasteiger charge is 2.31. The third kappa shape index (κ3) is 4.77. The SMILES string of the molecule is CCCc1noc(CCCC(=O)N2C[C@@H](C(N)=O)CC[C@H]2C)n1. The number of nitrogens with two attached hydrogens (primary N) is 1. The van der Waals surface area contributed by atoms with Crippen molar-refractivity contribution in [2.75, 3.05) is 6.54 Å². The lowest BCUT2D eigenvalue weighted by molar-refractivity contribution is -0.137. The topological polar surface area (TPSA) is 102 Å². The fraction of sp³-hybridized carbons (Fsp3) is 0.750. The third-order valence-corrected chi connectivity index (χ3v) is 4.37. The molecule has 128 valence electrons. The second kappa shape index (κ2) is 8.08. The molecule has 0 unspecified atom stereocenters. The van der Waals surface area contributed by atoms with E-state index in [2.05, 4.69) is 17.1 Å². The number of aryl methyl sites for hydroxylation is 2. The Bertz CT molecular complexity index is 543. The highest BCUT2D eigenvalue weighted by molar-refractivity contribution is 5.80. The van der Waals surface area contributed by atoms with Gasteiger partial charge in [0.25, 0.3) is 0 Å². The predicted molar refractivity (Wildman–Crippen MR) is 84.3 cm³/mol. The smallest absolute Gasteiger partial charge is 0.226 e. The maximum Gasteiger partial charge on any atom is 0.226 e. The summed E-state index contributed by atoms with van der Waals surface area (Å²) in [5.41, 5.74) is 5.37. The molecule has 1 aliphatic heterocycles. The number of likely N-dealkylation sites (tertiary alicyclic amines) is 1. The zero-order valence-corrected chi connectivity index (χ0v) is 14.0. The van der Waals surface area contributed by atoms with E-state index in [1.807, 2.05) is 6.92 Å². The lowest BCUT2D eigenvalue weighted by atomic mass is 9.92. The largest absolute Gasteiger partial charge is 0.369 e. The summed E-state index contributed by atoms with van der Waals surface area (Å²) in [4.78, 5) is 29.8. The Labute approximate surface area is 136 Å². The molecule has 0 aromatic carbocycles. The van der Waals surface area contributed by atoms with Crippen LogP contribution < -0.4 is 5.73 Å². The van der Waals surface area contributed by atoms with Gasteiger partial charge in [-0.2, -0.15) is 4.98 Å². The Morgan fingerprint density at radius 3 is 2.83 bits per heavy atom. The maximum absolute atomic E-state index is 12.4. The van der Waals surface area contributed by atoms with Crippen molar-refractivity contribution in [3.8, 4) is 0 Å². The zero-order valence-electron chi connectivity index (χ0n) is 14.0. The van der Waals surface area contributed by atoms with Crippen LogP contribution in [0.4, 0.5) is 0 Å². The summed E-state index contributed by atoms with van der Waals surface area (Å²) in [5, 5.41) is 3.90. The summed E-state index contributed by atoms with van der Waals surface area (Å²) < 4.78 is 5.17. The molecular formula is C16H26N4O3. The molecule has 1 aromatic heterocycles. The van der Waals surface area contributed by atoms with Gasteiger partial charge in [0, 0.05) is 31.8 Å². The van der Waals surface area contributed by atoms with Crippen LogP contribution in [0.1, 0.15) is 57.7 Å². The highest BCUT2D eigenvalue weighted by Crippen LogP contribution is 2.22. The van der Waals surface area contributed by atoms with E-state index in [1.54, 1.807) is 4.90 Å². The van der Waals surface area contributed by atoms with Crippen LogP contribution in [-0.2, 0) is 22.4 Å². The van der Waals surface area contributed by atoms with Gasteiger partial charge in [-0.3, -0.25) is 9.59 Å². The van der Waals surface area contributed by atoms with Crippen molar-refractivity contribution in [2.24, 2.45) is 11.7 Å². The van der Waals surface area contributed by atoms with Crippen molar-refractivity contribution < 1.29 is 14.1 Å². The first-order valence-corrected chi connectivity index (χ1v) is 8.41. The highest BCUT2D eigenvalue weighted by atomic mass is 16.5. The van der Waals surface area contributed by atoms with Gasteiger partial charge in [0.2, 0.25) is 17.7 Å². The first-order valence-electron chi connectivity index (χ1n) is 8.41. The summed E-state index contributed by atoms with van der Waals surface area (Å²) in [7, 11) is 0. The minimum Gasteiger partial charge on any atom is -0.369 e. The summed E-state index contributed by atoms with van der Waals surface area (Å²) in [5.74, 6) is 0.842. The van der Waals surface area contributed by atoms with Gasteiger partial charge in [-0.25, -0.2) is 0 Å². The van der Waals surface area contributed by atoms with Crippen LogP contribution in [0, 0.1) is 5.92 Å². The number of carbonyl (C=O) groups excluding carboxylic acids is 2. The van der Waals surface area contributed by atoms with Gasteiger partial charge in [-0.1, -0.05) is 12.1 Å². The van der Waals surface area contributed by atoms with Gasteiger partial charge < -0.3 is 15.2 Å². The first-order chi connectivity index (χ1) is 11.0. The van der Waals surface area contributed by atoms with Crippen molar-refractivity contribution in [1.29, 1.82) is 0 Å². The third-order valence-electron chi connectivity index (χ3n) is 4.37. The lowest BCUT2D eigenvalue weighted by Crippen LogP contribution is -2.48. The monoisotopic (exact) mass is 322 g/mol. The van der Waals surface area contributed by atoms with E-state index in [1.165, 1.54) is 0 Å². The van der Waals surface area contributed by atoms with E-state index >= 15 is 0 Å². The van der Waals surface area contributed by atoms with E-state index < -0.39 is 0 Å². The fourth-order valence-electron chi connectivity index (χ4n) is 2.94. The van der Waals surface area contributed by atoms with Crippen molar-refractivity contribution in [1.82, 2.24) is 15.0 Å². The average molecular weight is 322 g/mol. The minimum absolute atomic E-state index is 0.0664. The molecule has 7 heteroatoms. The van der Waals surface area contributed by atoms with Crippen molar-refractivity contribution in [3.63, 3.8) is 0 Å². The van der Waals surface area contributed by atoms with Crippen molar-refractivity contribution >= 4 is 11.8 Å². The standard InChI is InChI=1S/C16H26N4O3/c1-3-5-13-18-14(23-19-13)6-4-7-15(21)20-10-12(16(17)22)9-8-11(20)2/h11-12H,3-10H2,1-2H3,(H2,17,22)/t11-,12+/m1/s1. The Hall–Kier alpha value is -1.92. The first kappa shape index (κ1) is 17.4. The Morgan fingerprint density at radius 1 is 1.35 bits per heavy atom. The molecule has 2 N–H and O–H groups in total. The molecule has 23 heavy (non-hydrogen) atoms. The lowest BCUT2D eigenvalue weighted by Gasteiger charge is -2.37. The van der Waals surface area contributed by atoms with E-state index in [4.69, 9.17) is 10.3 Å². The van der Waals surface area contributed by atoms with Gasteiger partial charge in [-0.15, -0.1) is 0 Å². The fourth-order valence-corrected chi connectivity index (χ4v) is 2.94. The normalized spacial score (nSPS) is 21.4. The number of carbonyl (C=O) groups is 2. The molecule has 2 amide bonds. The molecule has 0 aliphatic carbocycles. The number of hydrogen-bond donors (Lipinski definition) is 1. The van der Waals surface area contributed by atoms with E-state index in [0.717, 1.165) is 31.5 Å². The Kier molecular flexibility index (Phi) is 6.12. The molecule has 2 rings (SSSR count). The molecule has 0 saturated carbocycles. The Balaban J connectivity index is 1.79. The van der Waals surface area contributed by atoms with Crippen LogP contribution in [0.15, 0.2) is 4.52 Å². The Morgan fingerprint density at radius 2 is 2.13 bits per heavy atom.